The highest BCUT2D eigenvalue weighted by Gasteiger charge is 2.20. The lowest BCUT2D eigenvalue weighted by molar-refractivity contribution is 0.330. The fourth-order valence-electron chi connectivity index (χ4n) is 1.95. The van der Waals surface area contributed by atoms with E-state index in [1.54, 1.807) is 6.07 Å². The third-order valence-electron chi connectivity index (χ3n) is 3.20. The largest absolute Gasteiger partial charge is 0.459 e. The lowest BCUT2D eigenvalue weighted by Crippen LogP contribution is -2.32. The van der Waals surface area contributed by atoms with Crippen LogP contribution in [0.2, 0.25) is 0 Å². The molecule has 0 saturated carbocycles. The van der Waals surface area contributed by atoms with Crippen LogP contribution >= 0.6 is 0 Å². The maximum absolute atomic E-state index is 13.1. The Balaban J connectivity index is 2.41. The summed E-state index contributed by atoms with van der Waals surface area (Å²) < 4.78 is 18.8. The molecule has 2 aromatic rings. The number of halogens is 1. The van der Waals surface area contributed by atoms with Crippen LogP contribution < -0.4 is 11.3 Å². The maximum Gasteiger partial charge on any atom is 0.134 e. The van der Waals surface area contributed by atoms with E-state index in [1.165, 1.54) is 12.1 Å². The van der Waals surface area contributed by atoms with Gasteiger partial charge in [-0.05, 0) is 30.2 Å². The molecule has 3 N–H and O–H groups in total. The number of fused-ring (bicyclic) bond motifs is 1. The summed E-state index contributed by atoms with van der Waals surface area (Å²) in [5.41, 5.74) is 3.44. The summed E-state index contributed by atoms with van der Waals surface area (Å²) in [7, 11) is 0. The number of nitrogens with two attached hydrogens (primary N) is 1. The standard InChI is InChI=1S/C13H17FN2O/c1-3-8(2)13(16-15)12-7-9-6-10(14)4-5-11(9)17-12/h4-8,13,16H,3,15H2,1-2H3. The molecule has 1 aromatic heterocycles. The average molecular weight is 236 g/mol. The fraction of sp³-hybridized carbons (Fsp3) is 0.385. The number of benzene rings is 1. The Morgan fingerprint density at radius 2 is 2.18 bits per heavy atom. The van der Waals surface area contributed by atoms with E-state index in [1.807, 2.05) is 6.07 Å². The summed E-state index contributed by atoms with van der Waals surface area (Å²) in [6.45, 7) is 4.19. The quantitative estimate of drug-likeness (QED) is 0.633. The number of nitrogens with one attached hydrogen (secondary N) is 1. The van der Waals surface area contributed by atoms with E-state index in [9.17, 15) is 4.39 Å². The Morgan fingerprint density at radius 3 is 2.82 bits per heavy atom. The Hall–Kier alpha value is -1.39. The smallest absolute Gasteiger partial charge is 0.134 e. The van der Waals surface area contributed by atoms with Gasteiger partial charge >= 0.3 is 0 Å². The van der Waals surface area contributed by atoms with E-state index >= 15 is 0 Å². The summed E-state index contributed by atoms with van der Waals surface area (Å²) >= 11 is 0. The van der Waals surface area contributed by atoms with Crippen LogP contribution in [-0.4, -0.2) is 0 Å². The highest BCUT2D eigenvalue weighted by atomic mass is 19.1. The number of hydrogen-bond donors (Lipinski definition) is 2. The van der Waals surface area contributed by atoms with E-state index in [0.717, 1.165) is 17.6 Å². The van der Waals surface area contributed by atoms with Gasteiger partial charge in [0.1, 0.15) is 17.2 Å². The zero-order chi connectivity index (χ0) is 12.4. The number of rotatable bonds is 4. The predicted octanol–water partition coefficient (Wildman–Crippen LogP) is 3.12. The second-order valence-corrected chi connectivity index (χ2v) is 4.36. The van der Waals surface area contributed by atoms with Crippen LogP contribution in [0.1, 0.15) is 32.1 Å². The molecular formula is C13H17FN2O. The van der Waals surface area contributed by atoms with Crippen molar-refractivity contribution in [2.45, 2.75) is 26.3 Å². The molecule has 1 heterocycles. The number of furan rings is 1. The van der Waals surface area contributed by atoms with Crippen molar-refractivity contribution in [2.24, 2.45) is 11.8 Å². The molecule has 17 heavy (non-hydrogen) atoms. The molecule has 0 aliphatic rings. The fourth-order valence-corrected chi connectivity index (χ4v) is 1.95. The average Bonchev–Trinajstić information content (AvgIpc) is 2.72. The highest BCUT2D eigenvalue weighted by Crippen LogP contribution is 2.29. The Morgan fingerprint density at radius 1 is 1.41 bits per heavy atom. The summed E-state index contributed by atoms with van der Waals surface area (Å²) in [5, 5.41) is 0.767. The van der Waals surface area contributed by atoms with Crippen LogP contribution in [0, 0.1) is 11.7 Å². The Labute approximate surface area is 99.8 Å². The van der Waals surface area contributed by atoms with Crippen LogP contribution in [0.15, 0.2) is 28.7 Å². The van der Waals surface area contributed by atoms with Crippen LogP contribution in [-0.2, 0) is 0 Å². The highest BCUT2D eigenvalue weighted by molar-refractivity contribution is 5.78. The summed E-state index contributed by atoms with van der Waals surface area (Å²) in [4.78, 5) is 0. The lowest BCUT2D eigenvalue weighted by Gasteiger charge is -2.19. The molecule has 4 heteroatoms. The molecule has 0 saturated heterocycles. The van der Waals surface area contributed by atoms with Gasteiger partial charge in [0.25, 0.3) is 0 Å². The van der Waals surface area contributed by atoms with E-state index in [2.05, 4.69) is 19.3 Å². The van der Waals surface area contributed by atoms with Crippen molar-refractivity contribution in [3.05, 3.63) is 35.8 Å². The maximum atomic E-state index is 13.1. The zero-order valence-electron chi connectivity index (χ0n) is 10.0. The second kappa shape index (κ2) is 4.85. The van der Waals surface area contributed by atoms with Gasteiger partial charge in [0, 0.05) is 5.39 Å². The number of hydrogen-bond acceptors (Lipinski definition) is 3. The van der Waals surface area contributed by atoms with Crippen LogP contribution in [0.25, 0.3) is 11.0 Å². The first-order valence-corrected chi connectivity index (χ1v) is 5.80. The molecule has 0 radical (unpaired) electrons. The summed E-state index contributed by atoms with van der Waals surface area (Å²) in [5.74, 6) is 6.39. The first-order valence-electron chi connectivity index (χ1n) is 5.80. The van der Waals surface area contributed by atoms with Crippen molar-refractivity contribution in [1.29, 1.82) is 0 Å². The molecule has 1 aromatic carbocycles. The minimum atomic E-state index is -0.259. The predicted molar refractivity (Wildman–Crippen MR) is 65.7 cm³/mol. The van der Waals surface area contributed by atoms with Gasteiger partial charge in [-0.1, -0.05) is 20.3 Å². The third-order valence-corrected chi connectivity index (χ3v) is 3.20. The number of hydrazine groups is 1. The minimum absolute atomic E-state index is 0.0459. The van der Waals surface area contributed by atoms with Gasteiger partial charge in [-0.15, -0.1) is 0 Å². The normalized spacial score (nSPS) is 15.1. The monoisotopic (exact) mass is 236 g/mol. The van der Waals surface area contributed by atoms with E-state index < -0.39 is 0 Å². The van der Waals surface area contributed by atoms with Gasteiger partial charge in [0.15, 0.2) is 0 Å². The molecule has 2 atom stereocenters. The van der Waals surface area contributed by atoms with Gasteiger partial charge in [-0.3, -0.25) is 5.84 Å². The van der Waals surface area contributed by atoms with Gasteiger partial charge in [-0.2, -0.15) is 0 Å². The second-order valence-electron chi connectivity index (χ2n) is 4.36. The summed E-state index contributed by atoms with van der Waals surface area (Å²) in [6.07, 6.45) is 0.986. The van der Waals surface area contributed by atoms with E-state index in [4.69, 9.17) is 10.3 Å². The molecule has 92 valence electrons. The molecule has 2 unspecified atom stereocenters. The molecule has 2 rings (SSSR count). The van der Waals surface area contributed by atoms with Crippen molar-refractivity contribution < 1.29 is 8.81 Å². The lowest BCUT2D eigenvalue weighted by atomic mass is 9.97. The van der Waals surface area contributed by atoms with Crippen molar-refractivity contribution in [3.63, 3.8) is 0 Å². The van der Waals surface area contributed by atoms with Gasteiger partial charge in [-0.25, -0.2) is 9.82 Å². The van der Waals surface area contributed by atoms with Gasteiger partial charge < -0.3 is 4.42 Å². The van der Waals surface area contributed by atoms with Gasteiger partial charge in [0.2, 0.25) is 0 Å². The first kappa shape index (κ1) is 12.1. The molecule has 0 aliphatic carbocycles. The molecule has 0 fully saturated rings. The zero-order valence-corrected chi connectivity index (χ0v) is 10.0. The van der Waals surface area contributed by atoms with Crippen LogP contribution in [0.4, 0.5) is 4.39 Å². The minimum Gasteiger partial charge on any atom is -0.459 e. The molecule has 0 amide bonds. The molecule has 0 spiro atoms. The Bertz CT molecular complexity index is 509. The molecule has 0 bridgehead atoms. The third kappa shape index (κ3) is 2.33. The van der Waals surface area contributed by atoms with Crippen LogP contribution in [0.5, 0.6) is 0 Å². The van der Waals surface area contributed by atoms with Crippen LogP contribution in [0.3, 0.4) is 0 Å². The summed E-state index contributed by atoms with van der Waals surface area (Å²) in [6, 6.07) is 6.29. The first-order chi connectivity index (χ1) is 8.15. The van der Waals surface area contributed by atoms with Crippen molar-refractivity contribution in [3.8, 4) is 0 Å². The molecule has 3 nitrogen and oxygen atoms in total. The topological polar surface area (TPSA) is 51.2 Å². The van der Waals surface area contributed by atoms with Crippen molar-refractivity contribution >= 4 is 11.0 Å². The van der Waals surface area contributed by atoms with E-state index in [-0.39, 0.29) is 11.9 Å². The molecule has 0 aliphatic heterocycles. The van der Waals surface area contributed by atoms with E-state index in [0.29, 0.717) is 11.5 Å². The van der Waals surface area contributed by atoms with Crippen molar-refractivity contribution in [2.75, 3.05) is 0 Å². The Kier molecular flexibility index (Phi) is 3.45. The van der Waals surface area contributed by atoms with Gasteiger partial charge in [0.05, 0.1) is 6.04 Å². The van der Waals surface area contributed by atoms with Crippen molar-refractivity contribution in [1.82, 2.24) is 5.43 Å². The SMILES string of the molecule is CCC(C)C(NN)c1cc2cc(F)ccc2o1. The molecular weight excluding hydrogens is 219 g/mol.